The summed E-state index contributed by atoms with van der Waals surface area (Å²) in [4.78, 5) is 26.6. The fourth-order valence-electron chi connectivity index (χ4n) is 2.40. The van der Waals surface area contributed by atoms with E-state index in [4.69, 9.17) is 9.84 Å². The minimum atomic E-state index is -0.947. The number of likely N-dealkylation sites (tertiary alicyclic amines) is 1. The Morgan fingerprint density at radius 2 is 1.95 bits per heavy atom. The lowest BCUT2D eigenvalue weighted by Crippen LogP contribution is -2.50. The molecule has 0 aromatic carbocycles. The Kier molecular flexibility index (Phi) is 6.78. The van der Waals surface area contributed by atoms with Crippen LogP contribution in [0, 0.1) is 0 Å². The predicted octanol–water partition coefficient (Wildman–Crippen LogP) is 1.79. The lowest BCUT2D eigenvalue weighted by Gasteiger charge is -2.37. The Bertz CT molecular complexity index is 325. The molecule has 0 bridgehead atoms. The molecule has 20 heavy (non-hydrogen) atoms. The molecule has 0 aromatic rings. The van der Waals surface area contributed by atoms with Gasteiger partial charge < -0.3 is 19.6 Å². The van der Waals surface area contributed by atoms with Crippen LogP contribution in [0.25, 0.3) is 0 Å². The van der Waals surface area contributed by atoms with Crippen molar-refractivity contribution >= 4 is 12.0 Å². The van der Waals surface area contributed by atoms with Crippen LogP contribution in [-0.4, -0.2) is 65.3 Å². The summed E-state index contributed by atoms with van der Waals surface area (Å²) in [5.74, 6) is -0.947. The molecular formula is C14H26N2O4. The van der Waals surface area contributed by atoms with Gasteiger partial charge >= 0.3 is 12.0 Å². The van der Waals surface area contributed by atoms with Crippen molar-refractivity contribution in [1.82, 2.24) is 9.80 Å². The number of carbonyl (C=O) groups excluding carboxylic acids is 1. The van der Waals surface area contributed by atoms with Gasteiger partial charge in [0.15, 0.2) is 0 Å². The Morgan fingerprint density at radius 3 is 2.40 bits per heavy atom. The molecule has 1 saturated heterocycles. The van der Waals surface area contributed by atoms with Crippen molar-refractivity contribution in [2.24, 2.45) is 0 Å². The maximum absolute atomic E-state index is 12.4. The van der Waals surface area contributed by atoms with Crippen LogP contribution in [0.1, 0.15) is 40.0 Å². The highest BCUT2D eigenvalue weighted by Gasteiger charge is 2.27. The van der Waals surface area contributed by atoms with E-state index < -0.39 is 5.97 Å². The minimum absolute atomic E-state index is 0.0474. The Balaban J connectivity index is 2.43. The largest absolute Gasteiger partial charge is 0.480 e. The van der Waals surface area contributed by atoms with Gasteiger partial charge in [0.1, 0.15) is 6.61 Å². The predicted molar refractivity (Wildman–Crippen MR) is 75.7 cm³/mol. The van der Waals surface area contributed by atoms with Crippen LogP contribution in [0.3, 0.4) is 0 Å². The maximum atomic E-state index is 12.4. The van der Waals surface area contributed by atoms with E-state index in [0.29, 0.717) is 25.9 Å². The van der Waals surface area contributed by atoms with E-state index in [1.807, 2.05) is 23.6 Å². The molecule has 1 aliphatic rings. The number of hydrogen-bond donors (Lipinski definition) is 1. The van der Waals surface area contributed by atoms with Crippen molar-refractivity contribution in [2.45, 2.75) is 52.2 Å². The zero-order valence-electron chi connectivity index (χ0n) is 12.7. The topological polar surface area (TPSA) is 70.1 Å². The number of aliphatic carboxylic acids is 1. The summed E-state index contributed by atoms with van der Waals surface area (Å²) in [6, 6.07) is 0.280. The van der Waals surface area contributed by atoms with E-state index in [1.165, 1.54) is 0 Å². The van der Waals surface area contributed by atoms with Crippen molar-refractivity contribution < 1.29 is 19.4 Å². The molecule has 1 N–H and O–H groups in total. The molecule has 6 heteroatoms. The highest BCUT2D eigenvalue weighted by Crippen LogP contribution is 2.16. The van der Waals surface area contributed by atoms with Gasteiger partial charge in [0.25, 0.3) is 0 Å². The number of carbonyl (C=O) groups is 2. The zero-order chi connectivity index (χ0) is 15.1. The smallest absolute Gasteiger partial charge is 0.329 e. The van der Waals surface area contributed by atoms with E-state index >= 15 is 0 Å². The first kappa shape index (κ1) is 16.8. The number of amides is 2. The number of rotatable bonds is 6. The van der Waals surface area contributed by atoms with Gasteiger partial charge in [-0.1, -0.05) is 6.92 Å². The summed E-state index contributed by atoms with van der Waals surface area (Å²) >= 11 is 0. The van der Waals surface area contributed by atoms with Gasteiger partial charge in [0.2, 0.25) is 0 Å². The van der Waals surface area contributed by atoms with E-state index in [0.717, 1.165) is 13.0 Å². The van der Waals surface area contributed by atoms with Crippen LogP contribution in [0.5, 0.6) is 0 Å². The third kappa shape index (κ3) is 5.00. The molecule has 0 saturated carbocycles. The lowest BCUT2D eigenvalue weighted by molar-refractivity contribution is -0.145. The van der Waals surface area contributed by atoms with Crippen molar-refractivity contribution in [2.75, 3.05) is 26.2 Å². The summed E-state index contributed by atoms with van der Waals surface area (Å²) in [6.07, 6.45) is 2.31. The van der Waals surface area contributed by atoms with Gasteiger partial charge in [-0.05, 0) is 33.1 Å². The normalized spacial score (nSPS) is 16.5. The molecule has 1 aliphatic heterocycles. The number of ether oxygens (including phenoxy) is 1. The van der Waals surface area contributed by atoms with Gasteiger partial charge in [-0.3, -0.25) is 0 Å². The van der Waals surface area contributed by atoms with E-state index in [-0.39, 0.29) is 24.8 Å². The van der Waals surface area contributed by atoms with Gasteiger partial charge in [-0.15, -0.1) is 0 Å². The standard InChI is InChI=1S/C14H26N2O4/c1-4-7-16(11(2)3)14(19)15-8-5-12(6-9-15)20-10-13(17)18/h11-12H,4-10H2,1-3H3,(H,17,18). The number of hydrogen-bond acceptors (Lipinski definition) is 3. The second kappa shape index (κ2) is 8.09. The van der Waals surface area contributed by atoms with Crippen molar-refractivity contribution in [3.05, 3.63) is 0 Å². The molecule has 0 atom stereocenters. The average molecular weight is 286 g/mol. The van der Waals surface area contributed by atoms with Crippen LogP contribution in [-0.2, 0) is 9.53 Å². The number of carboxylic acids is 1. The van der Waals surface area contributed by atoms with Gasteiger partial charge in [-0.25, -0.2) is 9.59 Å². The average Bonchev–Trinajstić information content (AvgIpc) is 2.42. The fourth-order valence-corrected chi connectivity index (χ4v) is 2.40. The Morgan fingerprint density at radius 1 is 1.35 bits per heavy atom. The first-order valence-electron chi connectivity index (χ1n) is 7.34. The third-order valence-corrected chi connectivity index (χ3v) is 3.49. The second-order valence-corrected chi connectivity index (χ2v) is 5.46. The Labute approximate surface area is 120 Å². The van der Waals surface area contributed by atoms with Gasteiger partial charge in [0, 0.05) is 25.7 Å². The first-order valence-corrected chi connectivity index (χ1v) is 7.34. The lowest BCUT2D eigenvalue weighted by atomic mass is 10.1. The van der Waals surface area contributed by atoms with Gasteiger partial charge in [-0.2, -0.15) is 0 Å². The van der Waals surface area contributed by atoms with Crippen molar-refractivity contribution in [3.63, 3.8) is 0 Å². The van der Waals surface area contributed by atoms with Crippen molar-refractivity contribution in [3.8, 4) is 0 Å². The van der Waals surface area contributed by atoms with E-state index in [2.05, 4.69) is 6.92 Å². The van der Waals surface area contributed by atoms with Gasteiger partial charge in [0.05, 0.1) is 6.10 Å². The Hall–Kier alpha value is -1.30. The first-order chi connectivity index (χ1) is 9.45. The SMILES string of the molecule is CCCN(C(=O)N1CCC(OCC(=O)O)CC1)C(C)C. The van der Waals surface area contributed by atoms with Crippen molar-refractivity contribution in [1.29, 1.82) is 0 Å². The molecule has 0 spiro atoms. The van der Waals surface area contributed by atoms with Crippen LogP contribution in [0.4, 0.5) is 4.79 Å². The van der Waals surface area contributed by atoms with E-state index in [1.54, 1.807) is 0 Å². The molecule has 0 radical (unpaired) electrons. The summed E-state index contributed by atoms with van der Waals surface area (Å²) in [5.41, 5.74) is 0. The number of carboxylic acid groups (broad SMARTS) is 1. The molecule has 1 heterocycles. The minimum Gasteiger partial charge on any atom is -0.480 e. The van der Waals surface area contributed by atoms with Crippen LogP contribution in [0.15, 0.2) is 0 Å². The molecule has 0 aromatic heterocycles. The molecule has 1 fully saturated rings. The number of piperidine rings is 1. The highest BCUT2D eigenvalue weighted by molar-refractivity contribution is 5.74. The van der Waals surface area contributed by atoms with Crippen LogP contribution >= 0.6 is 0 Å². The molecule has 2 amide bonds. The number of urea groups is 1. The summed E-state index contributed by atoms with van der Waals surface area (Å²) in [5, 5.41) is 8.58. The van der Waals surface area contributed by atoms with E-state index in [9.17, 15) is 9.59 Å². The monoisotopic (exact) mass is 286 g/mol. The fraction of sp³-hybridized carbons (Fsp3) is 0.857. The highest BCUT2D eigenvalue weighted by atomic mass is 16.5. The molecule has 0 aliphatic carbocycles. The molecule has 0 unspecified atom stereocenters. The zero-order valence-corrected chi connectivity index (χ0v) is 12.7. The summed E-state index contributed by atoms with van der Waals surface area (Å²) in [7, 11) is 0. The molecule has 116 valence electrons. The van der Waals surface area contributed by atoms with Crippen LogP contribution in [0.2, 0.25) is 0 Å². The number of nitrogens with zero attached hydrogens (tertiary/aromatic N) is 2. The quantitative estimate of drug-likeness (QED) is 0.808. The second-order valence-electron chi connectivity index (χ2n) is 5.46. The maximum Gasteiger partial charge on any atom is 0.329 e. The third-order valence-electron chi connectivity index (χ3n) is 3.49. The molecular weight excluding hydrogens is 260 g/mol. The summed E-state index contributed by atoms with van der Waals surface area (Å²) in [6.45, 7) is 7.89. The summed E-state index contributed by atoms with van der Waals surface area (Å²) < 4.78 is 5.28. The molecule has 1 rings (SSSR count). The molecule has 6 nitrogen and oxygen atoms in total. The van der Waals surface area contributed by atoms with Crippen LogP contribution < -0.4 is 0 Å².